The quantitative estimate of drug-likeness (QED) is 0.320. The van der Waals surface area contributed by atoms with Crippen LogP contribution in [0.4, 0.5) is 11.4 Å². The van der Waals surface area contributed by atoms with Gasteiger partial charge in [-0.2, -0.15) is 0 Å². The number of carbonyl (C=O) groups excluding carboxylic acids is 3. The lowest BCUT2D eigenvalue weighted by molar-refractivity contribution is -0.384. The molecular weight excluding hydrogens is 368 g/mol. The largest absolute Gasteiger partial charge is 0.482 e. The van der Waals surface area contributed by atoms with Crippen molar-refractivity contribution in [1.82, 2.24) is 0 Å². The molecule has 0 fully saturated rings. The van der Waals surface area contributed by atoms with E-state index in [0.29, 0.717) is 11.3 Å². The second-order valence-electron chi connectivity index (χ2n) is 5.76. The van der Waals surface area contributed by atoms with Crippen molar-refractivity contribution in [1.29, 1.82) is 0 Å². The molecule has 1 atom stereocenters. The van der Waals surface area contributed by atoms with Gasteiger partial charge in [-0.15, -0.1) is 0 Å². The molecule has 0 aromatic heterocycles. The first-order valence-corrected chi connectivity index (χ1v) is 8.25. The third kappa shape index (κ3) is 5.63. The Hall–Kier alpha value is -3.75. The lowest BCUT2D eigenvalue weighted by atomic mass is 10.1. The number of nitrogens with zero attached hydrogens (tertiary/aromatic N) is 1. The average molecular weight is 386 g/mol. The molecule has 0 radical (unpaired) electrons. The molecule has 2 aromatic carbocycles. The summed E-state index contributed by atoms with van der Waals surface area (Å²) in [7, 11) is 0. The van der Waals surface area contributed by atoms with Crippen molar-refractivity contribution in [3.8, 4) is 5.75 Å². The number of amides is 1. The first-order valence-electron chi connectivity index (χ1n) is 8.25. The number of hydrogen-bond donors (Lipinski definition) is 1. The van der Waals surface area contributed by atoms with Crippen LogP contribution in [0.2, 0.25) is 0 Å². The van der Waals surface area contributed by atoms with Crippen LogP contribution in [-0.2, 0) is 14.3 Å². The zero-order valence-electron chi connectivity index (χ0n) is 15.2. The number of nitro groups is 1. The second kappa shape index (κ2) is 9.26. The molecule has 0 saturated carbocycles. The van der Waals surface area contributed by atoms with Crippen molar-refractivity contribution in [2.75, 3.05) is 11.9 Å². The Kier molecular flexibility index (Phi) is 6.80. The van der Waals surface area contributed by atoms with E-state index in [9.17, 15) is 24.5 Å². The third-order valence-electron chi connectivity index (χ3n) is 3.65. The highest BCUT2D eigenvalue weighted by Crippen LogP contribution is 2.18. The highest BCUT2D eigenvalue weighted by atomic mass is 16.6. The molecule has 146 valence electrons. The van der Waals surface area contributed by atoms with Gasteiger partial charge in [-0.3, -0.25) is 19.7 Å². The summed E-state index contributed by atoms with van der Waals surface area (Å²) in [6, 6.07) is 11.7. The molecular formula is C19H18N2O7. The number of rotatable bonds is 8. The number of anilines is 1. The molecule has 2 aromatic rings. The second-order valence-corrected chi connectivity index (χ2v) is 5.76. The summed E-state index contributed by atoms with van der Waals surface area (Å²) in [6.07, 6.45) is -1.12. The summed E-state index contributed by atoms with van der Waals surface area (Å²) in [5.74, 6) is -1.36. The minimum absolute atomic E-state index is 0.105. The Balaban J connectivity index is 1.87. The lowest BCUT2D eigenvalue weighted by Gasteiger charge is -2.15. The van der Waals surface area contributed by atoms with E-state index in [0.717, 1.165) is 0 Å². The molecule has 9 nitrogen and oxygen atoms in total. The predicted octanol–water partition coefficient (Wildman–Crippen LogP) is 2.75. The van der Waals surface area contributed by atoms with Gasteiger partial charge in [0.15, 0.2) is 18.5 Å². The van der Waals surface area contributed by atoms with Gasteiger partial charge in [0.1, 0.15) is 5.75 Å². The summed E-state index contributed by atoms with van der Waals surface area (Å²) < 4.78 is 10.2. The van der Waals surface area contributed by atoms with E-state index in [1.54, 1.807) is 24.3 Å². The van der Waals surface area contributed by atoms with Crippen molar-refractivity contribution in [2.24, 2.45) is 0 Å². The SMILES string of the molecule is CC(=O)c1ccccc1NC(=O)[C@H](C)OC(=O)COc1ccc([N+](=O)[O-])cc1. The van der Waals surface area contributed by atoms with E-state index in [2.05, 4.69) is 5.32 Å². The molecule has 0 aliphatic heterocycles. The minimum atomic E-state index is -1.12. The van der Waals surface area contributed by atoms with Gasteiger partial charge in [-0.25, -0.2) is 4.79 Å². The third-order valence-corrected chi connectivity index (χ3v) is 3.65. The van der Waals surface area contributed by atoms with Crippen molar-refractivity contribution in [3.05, 3.63) is 64.2 Å². The summed E-state index contributed by atoms with van der Waals surface area (Å²) in [6.45, 7) is 2.29. The summed E-state index contributed by atoms with van der Waals surface area (Å²) >= 11 is 0. The molecule has 0 heterocycles. The van der Waals surface area contributed by atoms with Crippen LogP contribution in [0.1, 0.15) is 24.2 Å². The van der Waals surface area contributed by atoms with Gasteiger partial charge in [0.05, 0.1) is 10.6 Å². The van der Waals surface area contributed by atoms with E-state index in [1.165, 1.54) is 38.1 Å². The summed E-state index contributed by atoms with van der Waals surface area (Å²) in [5, 5.41) is 13.1. The molecule has 9 heteroatoms. The van der Waals surface area contributed by atoms with Gasteiger partial charge in [0.2, 0.25) is 0 Å². The topological polar surface area (TPSA) is 125 Å². The molecule has 0 unspecified atom stereocenters. The fourth-order valence-electron chi connectivity index (χ4n) is 2.22. The van der Waals surface area contributed by atoms with E-state index in [4.69, 9.17) is 9.47 Å². The standard InChI is InChI=1S/C19H18N2O7/c1-12(22)16-5-3-4-6-17(16)20-19(24)13(2)28-18(23)11-27-15-9-7-14(8-10-15)21(25)26/h3-10,13H,11H2,1-2H3,(H,20,24)/t13-/m0/s1. The number of ether oxygens (including phenoxy) is 2. The Bertz CT molecular complexity index is 893. The number of nitro benzene ring substituents is 1. The summed E-state index contributed by atoms with van der Waals surface area (Å²) in [5.41, 5.74) is 0.562. The Morgan fingerprint density at radius 2 is 1.75 bits per heavy atom. The number of non-ortho nitro benzene ring substituents is 1. The van der Waals surface area contributed by atoms with Crippen LogP contribution in [0.5, 0.6) is 5.75 Å². The number of benzene rings is 2. The Morgan fingerprint density at radius 1 is 1.11 bits per heavy atom. The van der Waals surface area contributed by atoms with Crippen LogP contribution in [0.3, 0.4) is 0 Å². The van der Waals surface area contributed by atoms with Crippen LogP contribution in [0, 0.1) is 10.1 Å². The maximum Gasteiger partial charge on any atom is 0.344 e. The van der Waals surface area contributed by atoms with Crippen LogP contribution in [0.25, 0.3) is 0 Å². The summed E-state index contributed by atoms with van der Waals surface area (Å²) in [4.78, 5) is 45.7. The highest BCUT2D eigenvalue weighted by molar-refractivity contribution is 6.04. The average Bonchev–Trinajstić information content (AvgIpc) is 2.66. The molecule has 1 N–H and O–H groups in total. The van der Waals surface area contributed by atoms with Gasteiger partial charge < -0.3 is 14.8 Å². The van der Waals surface area contributed by atoms with E-state index >= 15 is 0 Å². The monoisotopic (exact) mass is 386 g/mol. The smallest absolute Gasteiger partial charge is 0.344 e. The van der Waals surface area contributed by atoms with E-state index in [-0.39, 0.29) is 17.2 Å². The normalized spacial score (nSPS) is 11.2. The van der Waals surface area contributed by atoms with Crippen molar-refractivity contribution >= 4 is 29.0 Å². The van der Waals surface area contributed by atoms with Gasteiger partial charge in [-0.1, -0.05) is 12.1 Å². The van der Waals surface area contributed by atoms with Gasteiger partial charge >= 0.3 is 5.97 Å². The molecule has 0 aliphatic rings. The van der Waals surface area contributed by atoms with Crippen LogP contribution in [0.15, 0.2) is 48.5 Å². The number of carbonyl (C=O) groups is 3. The number of hydrogen-bond acceptors (Lipinski definition) is 7. The van der Waals surface area contributed by atoms with Crippen molar-refractivity contribution < 1.29 is 28.8 Å². The Labute approximate surface area is 160 Å². The molecule has 0 aliphatic carbocycles. The molecule has 0 saturated heterocycles. The number of ketones is 1. The van der Waals surface area contributed by atoms with E-state index < -0.39 is 29.5 Å². The van der Waals surface area contributed by atoms with Crippen LogP contribution < -0.4 is 10.1 Å². The molecule has 0 bridgehead atoms. The first kappa shape index (κ1) is 20.6. The lowest BCUT2D eigenvalue weighted by Crippen LogP contribution is -2.32. The van der Waals surface area contributed by atoms with Crippen molar-refractivity contribution in [3.63, 3.8) is 0 Å². The number of para-hydroxylation sites is 1. The minimum Gasteiger partial charge on any atom is -0.482 e. The fraction of sp³-hybridized carbons (Fsp3) is 0.211. The van der Waals surface area contributed by atoms with Crippen molar-refractivity contribution in [2.45, 2.75) is 20.0 Å². The Morgan fingerprint density at radius 3 is 2.36 bits per heavy atom. The molecule has 28 heavy (non-hydrogen) atoms. The van der Waals surface area contributed by atoms with E-state index in [1.807, 2.05) is 0 Å². The number of nitrogens with one attached hydrogen (secondary N) is 1. The zero-order valence-corrected chi connectivity index (χ0v) is 15.2. The molecule has 0 spiro atoms. The fourth-order valence-corrected chi connectivity index (χ4v) is 2.22. The van der Waals surface area contributed by atoms with Gasteiger partial charge in [0.25, 0.3) is 11.6 Å². The first-order chi connectivity index (χ1) is 13.3. The maximum atomic E-state index is 12.2. The van der Waals surface area contributed by atoms with Crippen LogP contribution >= 0.6 is 0 Å². The van der Waals surface area contributed by atoms with Gasteiger partial charge in [-0.05, 0) is 38.1 Å². The predicted molar refractivity (Wildman–Crippen MR) is 99.2 cm³/mol. The van der Waals surface area contributed by atoms with Gasteiger partial charge in [0, 0.05) is 17.7 Å². The molecule has 2 rings (SSSR count). The number of Topliss-reactive ketones (excluding diaryl/α,β-unsaturated/α-hetero) is 1. The zero-order chi connectivity index (χ0) is 20.7. The van der Waals surface area contributed by atoms with Crippen LogP contribution in [-0.4, -0.2) is 35.3 Å². The number of esters is 1. The molecule has 1 amide bonds. The highest BCUT2D eigenvalue weighted by Gasteiger charge is 2.20. The maximum absolute atomic E-state index is 12.2.